The van der Waals surface area contributed by atoms with Gasteiger partial charge in [0.1, 0.15) is 6.33 Å². The summed E-state index contributed by atoms with van der Waals surface area (Å²) < 4.78 is 1.52. The molecule has 0 fully saturated rings. The van der Waals surface area contributed by atoms with Crippen LogP contribution in [0.25, 0.3) is 0 Å². The molecular weight excluding hydrogens is 238 g/mol. The number of rotatable bonds is 4. The zero-order valence-electron chi connectivity index (χ0n) is 11.4. The predicted molar refractivity (Wildman–Crippen MR) is 74.9 cm³/mol. The molecule has 0 N–H and O–H groups in total. The Kier molecular flexibility index (Phi) is 4.34. The fourth-order valence-corrected chi connectivity index (χ4v) is 1.96. The molecule has 100 valence electrons. The highest BCUT2D eigenvalue weighted by molar-refractivity contribution is 5.76. The van der Waals surface area contributed by atoms with E-state index in [-0.39, 0.29) is 6.03 Å². The quantitative estimate of drug-likeness (QED) is 0.844. The van der Waals surface area contributed by atoms with Crippen molar-refractivity contribution in [2.75, 3.05) is 6.54 Å². The van der Waals surface area contributed by atoms with E-state index in [4.69, 9.17) is 0 Å². The molecule has 2 rings (SSSR count). The molecule has 0 saturated heterocycles. The minimum absolute atomic E-state index is 0.0278. The van der Waals surface area contributed by atoms with Crippen molar-refractivity contribution in [2.45, 2.75) is 26.8 Å². The molecule has 4 nitrogen and oxygen atoms in total. The molecule has 0 radical (unpaired) electrons. The molecule has 0 spiro atoms. The van der Waals surface area contributed by atoms with Crippen LogP contribution in [0.1, 0.15) is 24.5 Å². The summed E-state index contributed by atoms with van der Waals surface area (Å²) in [7, 11) is 0. The predicted octanol–water partition coefficient (Wildman–Crippen LogP) is 3.07. The SMILES string of the molecule is CCCN(Cc1ccc(C)cc1)C(=O)n1ccnc1. The summed E-state index contributed by atoms with van der Waals surface area (Å²) >= 11 is 0. The topological polar surface area (TPSA) is 38.1 Å². The van der Waals surface area contributed by atoms with Crippen LogP contribution in [0.4, 0.5) is 4.79 Å². The van der Waals surface area contributed by atoms with Gasteiger partial charge >= 0.3 is 6.03 Å². The van der Waals surface area contributed by atoms with E-state index < -0.39 is 0 Å². The summed E-state index contributed by atoms with van der Waals surface area (Å²) in [5, 5.41) is 0. The van der Waals surface area contributed by atoms with Crippen molar-refractivity contribution in [1.29, 1.82) is 0 Å². The third-order valence-electron chi connectivity index (χ3n) is 2.98. The summed E-state index contributed by atoms with van der Waals surface area (Å²) in [6.07, 6.45) is 5.78. The fourth-order valence-electron chi connectivity index (χ4n) is 1.96. The maximum absolute atomic E-state index is 12.3. The Morgan fingerprint density at radius 2 is 2.05 bits per heavy atom. The number of nitrogens with zero attached hydrogens (tertiary/aromatic N) is 3. The van der Waals surface area contributed by atoms with Gasteiger partial charge in [0.2, 0.25) is 0 Å². The van der Waals surface area contributed by atoms with E-state index in [0.29, 0.717) is 6.54 Å². The van der Waals surface area contributed by atoms with Crippen molar-refractivity contribution >= 4 is 6.03 Å². The second-order valence-electron chi connectivity index (χ2n) is 4.66. The molecule has 1 aromatic carbocycles. The molecule has 0 aliphatic carbocycles. The average Bonchev–Trinajstić information content (AvgIpc) is 2.94. The zero-order valence-corrected chi connectivity index (χ0v) is 11.4. The van der Waals surface area contributed by atoms with Gasteiger partial charge in [0.25, 0.3) is 0 Å². The van der Waals surface area contributed by atoms with Crippen LogP contribution >= 0.6 is 0 Å². The minimum Gasteiger partial charge on any atom is -0.320 e. The number of aromatic nitrogens is 2. The summed E-state index contributed by atoms with van der Waals surface area (Å²) in [5.41, 5.74) is 2.37. The van der Waals surface area contributed by atoms with Crippen molar-refractivity contribution in [1.82, 2.24) is 14.5 Å². The van der Waals surface area contributed by atoms with Gasteiger partial charge in [0.15, 0.2) is 0 Å². The molecule has 19 heavy (non-hydrogen) atoms. The van der Waals surface area contributed by atoms with Crippen molar-refractivity contribution in [2.24, 2.45) is 0 Å². The summed E-state index contributed by atoms with van der Waals surface area (Å²) in [5.74, 6) is 0. The molecule has 0 aliphatic rings. The normalized spacial score (nSPS) is 10.4. The fraction of sp³-hybridized carbons (Fsp3) is 0.333. The van der Waals surface area contributed by atoms with Crippen molar-refractivity contribution in [3.05, 3.63) is 54.1 Å². The third kappa shape index (κ3) is 3.44. The molecule has 4 heteroatoms. The van der Waals surface area contributed by atoms with Gasteiger partial charge in [0.05, 0.1) is 0 Å². The van der Waals surface area contributed by atoms with Crippen LogP contribution < -0.4 is 0 Å². The van der Waals surface area contributed by atoms with Crippen LogP contribution in [0, 0.1) is 6.92 Å². The largest absolute Gasteiger partial charge is 0.329 e. The van der Waals surface area contributed by atoms with E-state index in [1.54, 1.807) is 18.7 Å². The van der Waals surface area contributed by atoms with E-state index in [1.807, 2.05) is 4.90 Å². The second kappa shape index (κ2) is 6.18. The third-order valence-corrected chi connectivity index (χ3v) is 2.98. The molecule has 1 amide bonds. The Labute approximate surface area is 113 Å². The highest BCUT2D eigenvalue weighted by Crippen LogP contribution is 2.09. The van der Waals surface area contributed by atoms with Crippen LogP contribution in [0.2, 0.25) is 0 Å². The van der Waals surface area contributed by atoms with Crippen LogP contribution in [-0.2, 0) is 6.54 Å². The number of carbonyl (C=O) groups is 1. The Morgan fingerprint density at radius 1 is 1.32 bits per heavy atom. The summed E-state index contributed by atoms with van der Waals surface area (Å²) in [4.78, 5) is 18.1. The molecule has 0 bridgehead atoms. The number of hydrogen-bond donors (Lipinski definition) is 0. The Bertz CT molecular complexity index is 517. The van der Waals surface area contributed by atoms with Crippen LogP contribution in [0.3, 0.4) is 0 Å². The summed E-state index contributed by atoms with van der Waals surface area (Å²) in [6.45, 7) is 5.50. The Hall–Kier alpha value is -2.10. The van der Waals surface area contributed by atoms with Gasteiger partial charge < -0.3 is 4.90 Å². The van der Waals surface area contributed by atoms with Crippen LogP contribution in [0.15, 0.2) is 43.0 Å². The van der Waals surface area contributed by atoms with Gasteiger partial charge in [-0.05, 0) is 18.9 Å². The molecule has 0 unspecified atom stereocenters. The van der Waals surface area contributed by atoms with Gasteiger partial charge in [-0.2, -0.15) is 0 Å². The van der Waals surface area contributed by atoms with Crippen molar-refractivity contribution < 1.29 is 4.79 Å². The monoisotopic (exact) mass is 257 g/mol. The van der Waals surface area contributed by atoms with Crippen molar-refractivity contribution in [3.8, 4) is 0 Å². The number of aryl methyl sites for hydroxylation is 1. The standard InChI is InChI=1S/C15H19N3O/c1-3-9-17(15(19)18-10-8-16-12-18)11-14-6-4-13(2)5-7-14/h4-8,10,12H,3,9,11H2,1-2H3. The van der Waals surface area contributed by atoms with Gasteiger partial charge in [0, 0.05) is 25.5 Å². The lowest BCUT2D eigenvalue weighted by atomic mass is 10.1. The lowest BCUT2D eigenvalue weighted by Gasteiger charge is -2.22. The Morgan fingerprint density at radius 3 is 2.63 bits per heavy atom. The molecule has 1 heterocycles. The van der Waals surface area contributed by atoms with E-state index in [1.165, 1.54) is 10.1 Å². The lowest BCUT2D eigenvalue weighted by molar-refractivity contribution is 0.197. The minimum atomic E-state index is -0.0278. The Balaban J connectivity index is 2.11. The maximum atomic E-state index is 12.3. The van der Waals surface area contributed by atoms with Gasteiger partial charge in [-0.3, -0.25) is 4.57 Å². The highest BCUT2D eigenvalue weighted by Gasteiger charge is 2.14. The molecule has 1 aromatic heterocycles. The van der Waals surface area contributed by atoms with E-state index >= 15 is 0 Å². The molecular formula is C15H19N3O. The van der Waals surface area contributed by atoms with E-state index in [2.05, 4.69) is 43.1 Å². The number of carbonyl (C=O) groups excluding carboxylic acids is 1. The van der Waals surface area contributed by atoms with E-state index in [9.17, 15) is 4.79 Å². The number of hydrogen-bond acceptors (Lipinski definition) is 2. The first kappa shape index (κ1) is 13.3. The van der Waals surface area contributed by atoms with Crippen LogP contribution in [-0.4, -0.2) is 27.0 Å². The smallest absolute Gasteiger partial charge is 0.320 e. The highest BCUT2D eigenvalue weighted by atomic mass is 16.2. The zero-order chi connectivity index (χ0) is 13.7. The molecule has 0 aliphatic heterocycles. The molecule has 0 saturated carbocycles. The first-order chi connectivity index (χ1) is 9.20. The molecule has 2 aromatic rings. The van der Waals surface area contributed by atoms with Crippen molar-refractivity contribution in [3.63, 3.8) is 0 Å². The number of amides is 1. The lowest BCUT2D eigenvalue weighted by Crippen LogP contribution is -2.34. The van der Waals surface area contributed by atoms with Gasteiger partial charge in [-0.1, -0.05) is 36.8 Å². The first-order valence-electron chi connectivity index (χ1n) is 6.53. The summed E-state index contributed by atoms with van der Waals surface area (Å²) in [6, 6.07) is 8.25. The molecule has 0 atom stereocenters. The number of imidazole rings is 1. The first-order valence-corrected chi connectivity index (χ1v) is 6.53. The van der Waals surface area contributed by atoms with Gasteiger partial charge in [-0.25, -0.2) is 9.78 Å². The number of benzene rings is 1. The van der Waals surface area contributed by atoms with E-state index in [0.717, 1.165) is 18.5 Å². The average molecular weight is 257 g/mol. The van der Waals surface area contributed by atoms with Gasteiger partial charge in [-0.15, -0.1) is 0 Å². The van der Waals surface area contributed by atoms with Crippen LogP contribution in [0.5, 0.6) is 0 Å². The second-order valence-corrected chi connectivity index (χ2v) is 4.66. The maximum Gasteiger partial charge on any atom is 0.329 e.